The third-order valence-corrected chi connectivity index (χ3v) is 6.16. The molecule has 2 heteroatoms. The van der Waals surface area contributed by atoms with Crippen LogP contribution in [0.2, 0.25) is 0 Å². The van der Waals surface area contributed by atoms with Gasteiger partial charge in [0, 0.05) is 27.7 Å². The quantitative estimate of drug-likeness (QED) is 0.298. The van der Waals surface area contributed by atoms with E-state index in [2.05, 4.69) is 120 Å². The molecule has 0 bridgehead atoms. The Balaban J connectivity index is 1.62. The molecule has 0 fully saturated rings. The van der Waals surface area contributed by atoms with Crippen LogP contribution in [0.25, 0.3) is 49.7 Å². The first-order valence-electron chi connectivity index (χ1n) is 10.8. The second-order valence-corrected chi connectivity index (χ2v) is 8.06. The number of benzene rings is 5. The van der Waals surface area contributed by atoms with Crippen LogP contribution in [0.15, 0.2) is 121 Å². The standard InChI is InChI=1S/C30H22N2/c31-27-20-22(21-10-3-1-4-11-21)18-19-24(27)25-15-9-17-29-30(25)26-14-7-8-16-28(26)32(29)23-12-5-2-6-13-23/h1-20H,31H2. The van der Waals surface area contributed by atoms with Crippen LogP contribution in [0, 0.1) is 0 Å². The summed E-state index contributed by atoms with van der Waals surface area (Å²) < 4.78 is 2.34. The minimum atomic E-state index is 0.787. The number of aromatic nitrogens is 1. The predicted molar refractivity (Wildman–Crippen MR) is 136 cm³/mol. The first-order chi connectivity index (χ1) is 15.8. The Labute approximate surface area is 187 Å². The van der Waals surface area contributed by atoms with Crippen LogP contribution in [0.4, 0.5) is 5.69 Å². The zero-order valence-corrected chi connectivity index (χ0v) is 17.6. The number of anilines is 1. The average Bonchev–Trinajstić information content (AvgIpc) is 3.20. The third-order valence-electron chi connectivity index (χ3n) is 6.16. The Morgan fingerprint density at radius 3 is 1.97 bits per heavy atom. The van der Waals surface area contributed by atoms with Gasteiger partial charge in [0.25, 0.3) is 0 Å². The smallest absolute Gasteiger partial charge is 0.0547 e. The van der Waals surface area contributed by atoms with Gasteiger partial charge in [0.15, 0.2) is 0 Å². The van der Waals surface area contributed by atoms with Gasteiger partial charge < -0.3 is 10.3 Å². The van der Waals surface area contributed by atoms with Crippen molar-refractivity contribution in [2.45, 2.75) is 0 Å². The minimum absolute atomic E-state index is 0.787. The monoisotopic (exact) mass is 410 g/mol. The molecule has 5 aromatic carbocycles. The summed E-state index contributed by atoms with van der Waals surface area (Å²) in [6.45, 7) is 0. The molecule has 1 aromatic heterocycles. The Hall–Kier alpha value is -4.30. The van der Waals surface area contributed by atoms with Crippen LogP contribution in [-0.2, 0) is 0 Å². The summed E-state index contributed by atoms with van der Waals surface area (Å²) in [6.07, 6.45) is 0. The number of hydrogen-bond acceptors (Lipinski definition) is 1. The summed E-state index contributed by atoms with van der Waals surface area (Å²) in [5, 5.41) is 2.46. The molecule has 32 heavy (non-hydrogen) atoms. The van der Waals surface area contributed by atoms with Crippen molar-refractivity contribution >= 4 is 27.5 Å². The second kappa shape index (κ2) is 7.44. The van der Waals surface area contributed by atoms with E-state index in [0.717, 1.165) is 28.1 Å². The van der Waals surface area contributed by atoms with Crippen molar-refractivity contribution in [2.75, 3.05) is 5.73 Å². The van der Waals surface area contributed by atoms with E-state index in [1.807, 2.05) is 6.07 Å². The summed E-state index contributed by atoms with van der Waals surface area (Å²) >= 11 is 0. The lowest BCUT2D eigenvalue weighted by atomic mass is 9.95. The van der Waals surface area contributed by atoms with E-state index in [-0.39, 0.29) is 0 Å². The van der Waals surface area contributed by atoms with Crippen LogP contribution in [0.3, 0.4) is 0 Å². The Morgan fingerprint density at radius 1 is 0.500 bits per heavy atom. The topological polar surface area (TPSA) is 30.9 Å². The van der Waals surface area contributed by atoms with Crippen molar-refractivity contribution < 1.29 is 0 Å². The lowest BCUT2D eigenvalue weighted by Crippen LogP contribution is -1.94. The largest absolute Gasteiger partial charge is 0.398 e. The van der Waals surface area contributed by atoms with Gasteiger partial charge in [-0.05, 0) is 47.0 Å². The molecule has 0 aliphatic heterocycles. The fourth-order valence-corrected chi connectivity index (χ4v) is 4.72. The highest BCUT2D eigenvalue weighted by atomic mass is 15.0. The number of hydrogen-bond donors (Lipinski definition) is 1. The molecule has 0 atom stereocenters. The first kappa shape index (κ1) is 18.5. The first-order valence-corrected chi connectivity index (χ1v) is 10.8. The van der Waals surface area contributed by atoms with E-state index in [4.69, 9.17) is 5.73 Å². The van der Waals surface area contributed by atoms with Gasteiger partial charge in [-0.3, -0.25) is 0 Å². The van der Waals surface area contributed by atoms with E-state index in [1.165, 1.54) is 27.4 Å². The van der Waals surface area contributed by atoms with Crippen molar-refractivity contribution in [3.05, 3.63) is 121 Å². The van der Waals surface area contributed by atoms with Crippen LogP contribution in [-0.4, -0.2) is 4.57 Å². The Bertz CT molecular complexity index is 1560. The van der Waals surface area contributed by atoms with Crippen molar-refractivity contribution in [1.29, 1.82) is 0 Å². The Kier molecular flexibility index (Phi) is 4.29. The normalized spacial score (nSPS) is 11.2. The number of nitrogens with zero attached hydrogens (tertiary/aromatic N) is 1. The van der Waals surface area contributed by atoms with E-state index >= 15 is 0 Å². The van der Waals surface area contributed by atoms with E-state index < -0.39 is 0 Å². The number of fused-ring (bicyclic) bond motifs is 3. The van der Waals surface area contributed by atoms with Gasteiger partial charge in [0.2, 0.25) is 0 Å². The molecule has 0 amide bonds. The third kappa shape index (κ3) is 2.89. The highest BCUT2D eigenvalue weighted by Gasteiger charge is 2.17. The van der Waals surface area contributed by atoms with Crippen LogP contribution >= 0.6 is 0 Å². The average molecular weight is 411 g/mol. The van der Waals surface area contributed by atoms with Crippen LogP contribution in [0.1, 0.15) is 0 Å². The second-order valence-electron chi connectivity index (χ2n) is 8.06. The van der Waals surface area contributed by atoms with Crippen LogP contribution in [0.5, 0.6) is 0 Å². The van der Waals surface area contributed by atoms with Crippen molar-refractivity contribution in [3.8, 4) is 27.9 Å². The highest BCUT2D eigenvalue weighted by Crippen LogP contribution is 2.40. The van der Waals surface area contributed by atoms with Gasteiger partial charge in [-0.1, -0.05) is 91.0 Å². The number of nitrogen functional groups attached to an aromatic ring is 1. The van der Waals surface area contributed by atoms with Crippen molar-refractivity contribution in [3.63, 3.8) is 0 Å². The van der Waals surface area contributed by atoms with Crippen molar-refractivity contribution in [1.82, 2.24) is 4.57 Å². The molecule has 0 aliphatic carbocycles. The molecule has 1 heterocycles. The molecule has 0 saturated heterocycles. The fourth-order valence-electron chi connectivity index (χ4n) is 4.72. The summed E-state index contributed by atoms with van der Waals surface area (Å²) in [5.74, 6) is 0. The molecule has 2 nitrogen and oxygen atoms in total. The number of para-hydroxylation sites is 2. The van der Waals surface area contributed by atoms with Gasteiger partial charge in [0.1, 0.15) is 0 Å². The molecule has 0 unspecified atom stereocenters. The molecule has 152 valence electrons. The molecule has 0 spiro atoms. The lowest BCUT2D eigenvalue weighted by molar-refractivity contribution is 1.18. The lowest BCUT2D eigenvalue weighted by Gasteiger charge is -2.11. The van der Waals surface area contributed by atoms with Crippen molar-refractivity contribution in [2.24, 2.45) is 0 Å². The highest BCUT2D eigenvalue weighted by molar-refractivity contribution is 6.16. The van der Waals surface area contributed by atoms with Gasteiger partial charge in [-0.2, -0.15) is 0 Å². The maximum Gasteiger partial charge on any atom is 0.0547 e. The summed E-state index contributed by atoms with van der Waals surface area (Å²) in [7, 11) is 0. The minimum Gasteiger partial charge on any atom is -0.398 e. The molecule has 6 aromatic rings. The number of rotatable bonds is 3. The molecule has 2 N–H and O–H groups in total. The Morgan fingerprint density at radius 2 is 1.19 bits per heavy atom. The summed E-state index contributed by atoms with van der Waals surface area (Å²) in [5.41, 5.74) is 15.5. The van der Waals surface area contributed by atoms with Gasteiger partial charge >= 0.3 is 0 Å². The zero-order valence-electron chi connectivity index (χ0n) is 17.6. The molecule has 0 radical (unpaired) electrons. The SMILES string of the molecule is Nc1cc(-c2ccccc2)ccc1-c1cccc2c1c1ccccc1n2-c1ccccc1. The maximum atomic E-state index is 6.64. The fraction of sp³-hybridized carbons (Fsp3) is 0. The van der Waals surface area contributed by atoms with Crippen LogP contribution < -0.4 is 5.73 Å². The molecule has 6 rings (SSSR count). The summed E-state index contributed by atoms with van der Waals surface area (Å²) in [4.78, 5) is 0. The molecule has 0 aliphatic rings. The van der Waals surface area contributed by atoms with Gasteiger partial charge in [0.05, 0.1) is 11.0 Å². The van der Waals surface area contributed by atoms with Gasteiger partial charge in [-0.15, -0.1) is 0 Å². The predicted octanol–water partition coefficient (Wildman–Crippen LogP) is 7.70. The molecular weight excluding hydrogens is 388 g/mol. The van der Waals surface area contributed by atoms with E-state index in [0.29, 0.717) is 0 Å². The van der Waals surface area contributed by atoms with E-state index in [9.17, 15) is 0 Å². The number of nitrogens with two attached hydrogens (primary N) is 1. The summed E-state index contributed by atoms with van der Waals surface area (Å²) in [6, 6.07) is 42.4. The maximum absolute atomic E-state index is 6.64. The zero-order chi connectivity index (χ0) is 21.5. The van der Waals surface area contributed by atoms with E-state index in [1.54, 1.807) is 0 Å². The molecule has 0 saturated carbocycles. The van der Waals surface area contributed by atoms with Gasteiger partial charge in [-0.25, -0.2) is 0 Å². The molecular formula is C30H22N2.